The van der Waals surface area contributed by atoms with Crippen LogP contribution in [0, 0.1) is 11.3 Å². The highest BCUT2D eigenvalue weighted by Crippen LogP contribution is 2.23. The van der Waals surface area contributed by atoms with Crippen LogP contribution in [0.25, 0.3) is 0 Å². The van der Waals surface area contributed by atoms with E-state index in [-0.39, 0.29) is 5.91 Å². The Labute approximate surface area is 102 Å². The van der Waals surface area contributed by atoms with E-state index in [1.807, 2.05) is 6.07 Å². The van der Waals surface area contributed by atoms with Crippen molar-refractivity contribution in [3.63, 3.8) is 0 Å². The Morgan fingerprint density at radius 1 is 1.53 bits per heavy atom. The number of nitriles is 1. The number of aromatic amines is 1. The maximum atomic E-state index is 11.7. The van der Waals surface area contributed by atoms with Crippen molar-refractivity contribution < 1.29 is 4.79 Å². The summed E-state index contributed by atoms with van der Waals surface area (Å²) in [5, 5.41) is 17.8. The average Bonchev–Trinajstić information content (AvgIpc) is 2.85. The maximum absolute atomic E-state index is 11.7. The second-order valence-electron chi connectivity index (χ2n) is 3.25. The van der Waals surface area contributed by atoms with Gasteiger partial charge in [0.05, 0.1) is 34.1 Å². The number of hydrogen-bond donors (Lipinski definition) is 2. The van der Waals surface area contributed by atoms with Crippen LogP contribution >= 0.6 is 11.6 Å². The first-order valence-corrected chi connectivity index (χ1v) is 5.08. The number of hydrogen-bond acceptors (Lipinski definition) is 3. The summed E-state index contributed by atoms with van der Waals surface area (Å²) in [5.41, 5.74) is 1.30. The molecule has 5 nitrogen and oxygen atoms in total. The molecule has 0 unspecified atom stereocenters. The third-order valence-corrected chi connectivity index (χ3v) is 2.42. The molecule has 2 aromatic rings. The molecular weight excluding hydrogens is 240 g/mol. The van der Waals surface area contributed by atoms with Crippen LogP contribution in [0.3, 0.4) is 0 Å². The van der Waals surface area contributed by atoms with Crippen LogP contribution in [0.5, 0.6) is 0 Å². The third-order valence-electron chi connectivity index (χ3n) is 2.11. The first-order valence-electron chi connectivity index (χ1n) is 4.70. The second-order valence-corrected chi connectivity index (χ2v) is 3.65. The largest absolute Gasteiger partial charge is 0.321 e. The number of carbonyl (C=O) groups is 1. The maximum Gasteiger partial charge on any atom is 0.258 e. The van der Waals surface area contributed by atoms with Crippen molar-refractivity contribution in [2.75, 3.05) is 5.32 Å². The van der Waals surface area contributed by atoms with E-state index in [1.54, 1.807) is 12.1 Å². The molecule has 84 valence electrons. The third kappa shape index (κ3) is 2.44. The molecule has 0 atom stereocenters. The Hall–Kier alpha value is -2.32. The molecule has 2 N–H and O–H groups in total. The van der Waals surface area contributed by atoms with Gasteiger partial charge in [-0.15, -0.1) is 0 Å². The zero-order valence-electron chi connectivity index (χ0n) is 8.57. The van der Waals surface area contributed by atoms with E-state index in [9.17, 15) is 4.79 Å². The van der Waals surface area contributed by atoms with Gasteiger partial charge in [-0.05, 0) is 18.2 Å². The quantitative estimate of drug-likeness (QED) is 0.852. The lowest BCUT2D eigenvalue weighted by Gasteiger charge is -2.05. The molecule has 0 saturated heterocycles. The Morgan fingerprint density at radius 3 is 2.94 bits per heavy atom. The first-order chi connectivity index (χ1) is 8.20. The average molecular weight is 247 g/mol. The Kier molecular flexibility index (Phi) is 3.08. The van der Waals surface area contributed by atoms with Crippen LogP contribution in [-0.2, 0) is 0 Å². The molecule has 0 aliphatic carbocycles. The molecule has 0 radical (unpaired) electrons. The molecule has 0 aliphatic rings. The van der Waals surface area contributed by atoms with Crippen molar-refractivity contribution in [1.29, 1.82) is 5.26 Å². The van der Waals surface area contributed by atoms with Crippen LogP contribution in [0.15, 0.2) is 30.6 Å². The molecule has 0 aliphatic heterocycles. The van der Waals surface area contributed by atoms with E-state index in [2.05, 4.69) is 15.5 Å². The predicted molar refractivity (Wildman–Crippen MR) is 62.7 cm³/mol. The lowest BCUT2D eigenvalue weighted by Crippen LogP contribution is -2.11. The lowest BCUT2D eigenvalue weighted by atomic mass is 10.2. The second kappa shape index (κ2) is 4.68. The molecule has 6 heteroatoms. The number of aromatic nitrogens is 2. The standard InChI is InChI=1S/C11H7ClN4O/c12-9-3-7(4-13)1-2-10(9)16-11(17)8-5-14-15-6-8/h1-3,5-6H,(H,14,15)(H,16,17). The summed E-state index contributed by atoms with van der Waals surface area (Å²) in [5.74, 6) is -0.314. The summed E-state index contributed by atoms with van der Waals surface area (Å²) in [6, 6.07) is 6.62. The molecular formula is C11H7ClN4O. The van der Waals surface area contributed by atoms with Gasteiger partial charge in [-0.1, -0.05) is 11.6 Å². The summed E-state index contributed by atoms with van der Waals surface area (Å²) >= 11 is 5.92. The number of anilines is 1. The summed E-state index contributed by atoms with van der Waals surface area (Å²) in [7, 11) is 0. The number of halogens is 1. The summed E-state index contributed by atoms with van der Waals surface area (Å²) < 4.78 is 0. The van der Waals surface area contributed by atoms with Gasteiger partial charge in [0.15, 0.2) is 0 Å². The summed E-state index contributed by atoms with van der Waals surface area (Å²) in [6.07, 6.45) is 2.89. The van der Waals surface area contributed by atoms with Crippen molar-refractivity contribution in [1.82, 2.24) is 10.2 Å². The topological polar surface area (TPSA) is 81.6 Å². The highest BCUT2D eigenvalue weighted by Gasteiger charge is 2.09. The van der Waals surface area contributed by atoms with Crippen LogP contribution < -0.4 is 5.32 Å². The van der Waals surface area contributed by atoms with E-state index in [1.165, 1.54) is 18.5 Å². The number of nitrogens with zero attached hydrogens (tertiary/aromatic N) is 2. The van der Waals surface area contributed by atoms with Crippen LogP contribution in [0.4, 0.5) is 5.69 Å². The predicted octanol–water partition coefficient (Wildman–Crippen LogP) is 2.19. The van der Waals surface area contributed by atoms with Gasteiger partial charge in [-0.2, -0.15) is 10.4 Å². The van der Waals surface area contributed by atoms with Crippen molar-refractivity contribution in [2.24, 2.45) is 0 Å². The fourth-order valence-corrected chi connectivity index (χ4v) is 1.48. The van der Waals surface area contributed by atoms with Gasteiger partial charge in [0.1, 0.15) is 0 Å². The number of rotatable bonds is 2. The SMILES string of the molecule is N#Cc1ccc(NC(=O)c2cn[nH]c2)c(Cl)c1. The fraction of sp³-hybridized carbons (Fsp3) is 0. The van der Waals surface area contributed by atoms with Gasteiger partial charge in [0.2, 0.25) is 0 Å². The number of nitrogens with one attached hydrogen (secondary N) is 2. The van der Waals surface area contributed by atoms with E-state index in [4.69, 9.17) is 16.9 Å². The Bertz CT molecular complexity index is 586. The minimum Gasteiger partial charge on any atom is -0.321 e. The van der Waals surface area contributed by atoms with Gasteiger partial charge in [-0.25, -0.2) is 0 Å². The first kappa shape index (κ1) is 11.2. The number of amides is 1. The number of H-pyrrole nitrogens is 1. The smallest absolute Gasteiger partial charge is 0.258 e. The van der Waals surface area contributed by atoms with Gasteiger partial charge in [0, 0.05) is 6.20 Å². The number of carbonyl (C=O) groups excluding carboxylic acids is 1. The van der Waals surface area contributed by atoms with E-state index < -0.39 is 0 Å². The highest BCUT2D eigenvalue weighted by atomic mass is 35.5. The minimum absolute atomic E-state index is 0.314. The van der Waals surface area contributed by atoms with Gasteiger partial charge >= 0.3 is 0 Å². The van der Waals surface area contributed by atoms with Crippen LogP contribution in [0.1, 0.15) is 15.9 Å². The monoisotopic (exact) mass is 246 g/mol. The van der Waals surface area contributed by atoms with Crippen LogP contribution in [-0.4, -0.2) is 16.1 Å². The zero-order chi connectivity index (χ0) is 12.3. The molecule has 0 bridgehead atoms. The molecule has 0 saturated carbocycles. The molecule has 1 aromatic carbocycles. The zero-order valence-corrected chi connectivity index (χ0v) is 9.32. The van der Waals surface area contributed by atoms with E-state index >= 15 is 0 Å². The number of benzene rings is 1. The Morgan fingerprint density at radius 2 is 2.35 bits per heavy atom. The molecule has 1 amide bonds. The van der Waals surface area contributed by atoms with Gasteiger partial charge in [0.25, 0.3) is 5.91 Å². The Balaban J connectivity index is 2.20. The van der Waals surface area contributed by atoms with Crippen molar-refractivity contribution in [3.8, 4) is 6.07 Å². The van der Waals surface area contributed by atoms with Crippen molar-refractivity contribution >= 4 is 23.2 Å². The molecule has 1 aromatic heterocycles. The molecule has 2 rings (SSSR count). The highest BCUT2D eigenvalue weighted by molar-refractivity contribution is 6.34. The molecule has 1 heterocycles. The molecule has 0 spiro atoms. The summed E-state index contributed by atoms with van der Waals surface area (Å²) in [4.78, 5) is 11.7. The summed E-state index contributed by atoms with van der Waals surface area (Å²) in [6.45, 7) is 0. The molecule has 17 heavy (non-hydrogen) atoms. The van der Waals surface area contributed by atoms with E-state index in [0.717, 1.165) is 0 Å². The van der Waals surface area contributed by atoms with Crippen molar-refractivity contribution in [2.45, 2.75) is 0 Å². The van der Waals surface area contributed by atoms with Crippen molar-refractivity contribution in [3.05, 3.63) is 46.7 Å². The van der Waals surface area contributed by atoms with Gasteiger partial charge < -0.3 is 5.32 Å². The minimum atomic E-state index is -0.314. The van der Waals surface area contributed by atoms with Crippen LogP contribution in [0.2, 0.25) is 5.02 Å². The van der Waals surface area contributed by atoms with E-state index in [0.29, 0.717) is 21.8 Å². The lowest BCUT2D eigenvalue weighted by molar-refractivity contribution is 0.102. The molecule has 0 fully saturated rings. The van der Waals surface area contributed by atoms with Gasteiger partial charge in [-0.3, -0.25) is 9.89 Å². The fourth-order valence-electron chi connectivity index (χ4n) is 1.26. The normalized spacial score (nSPS) is 9.65.